The normalized spacial score (nSPS) is 28.1. The molecule has 84 valence electrons. The maximum absolute atomic E-state index is 10.1. The van der Waals surface area contributed by atoms with Crippen molar-refractivity contribution in [2.45, 2.75) is 45.1 Å². The van der Waals surface area contributed by atoms with Gasteiger partial charge < -0.3 is 5.11 Å². The van der Waals surface area contributed by atoms with E-state index < -0.39 is 0 Å². The van der Waals surface area contributed by atoms with Crippen LogP contribution in [0.3, 0.4) is 0 Å². The molecule has 0 amide bonds. The number of thiophene rings is 1. The Morgan fingerprint density at radius 2 is 2.40 bits per heavy atom. The SMILES string of the molecule is CCC1CCC(C(O)Cc2ccsc2)C1. The number of aliphatic hydroxyl groups excluding tert-OH is 1. The van der Waals surface area contributed by atoms with E-state index in [0.29, 0.717) is 5.92 Å². The van der Waals surface area contributed by atoms with Gasteiger partial charge in [-0.1, -0.05) is 19.8 Å². The van der Waals surface area contributed by atoms with Gasteiger partial charge in [-0.25, -0.2) is 0 Å². The van der Waals surface area contributed by atoms with Crippen molar-refractivity contribution in [1.82, 2.24) is 0 Å². The van der Waals surface area contributed by atoms with E-state index in [9.17, 15) is 5.11 Å². The highest BCUT2D eigenvalue weighted by Gasteiger charge is 2.28. The zero-order valence-electron chi connectivity index (χ0n) is 9.36. The lowest BCUT2D eigenvalue weighted by molar-refractivity contribution is 0.108. The molecule has 1 fully saturated rings. The maximum atomic E-state index is 10.1. The van der Waals surface area contributed by atoms with Gasteiger partial charge in [-0.15, -0.1) is 0 Å². The first kappa shape index (κ1) is 11.2. The number of aliphatic hydroxyl groups is 1. The zero-order chi connectivity index (χ0) is 10.7. The van der Waals surface area contributed by atoms with Crippen LogP contribution in [0.5, 0.6) is 0 Å². The summed E-state index contributed by atoms with van der Waals surface area (Å²) < 4.78 is 0. The Labute approximate surface area is 96.1 Å². The van der Waals surface area contributed by atoms with Gasteiger partial charge >= 0.3 is 0 Å². The maximum Gasteiger partial charge on any atom is 0.0609 e. The molecule has 1 aliphatic rings. The third-order valence-electron chi connectivity index (χ3n) is 3.73. The molecule has 0 saturated heterocycles. The van der Waals surface area contributed by atoms with Gasteiger partial charge in [0, 0.05) is 0 Å². The van der Waals surface area contributed by atoms with Crippen molar-refractivity contribution < 1.29 is 5.11 Å². The third-order valence-corrected chi connectivity index (χ3v) is 4.46. The van der Waals surface area contributed by atoms with Gasteiger partial charge in [-0.3, -0.25) is 0 Å². The van der Waals surface area contributed by atoms with Gasteiger partial charge in [0.15, 0.2) is 0 Å². The van der Waals surface area contributed by atoms with E-state index in [1.165, 1.54) is 31.2 Å². The number of rotatable bonds is 4. The summed E-state index contributed by atoms with van der Waals surface area (Å²) in [5.74, 6) is 1.42. The fraction of sp³-hybridized carbons (Fsp3) is 0.692. The van der Waals surface area contributed by atoms with Gasteiger partial charge in [-0.05, 0) is 53.5 Å². The minimum atomic E-state index is -0.115. The second-order valence-electron chi connectivity index (χ2n) is 4.75. The van der Waals surface area contributed by atoms with Crippen LogP contribution >= 0.6 is 11.3 Å². The van der Waals surface area contributed by atoms with Crippen LogP contribution in [0, 0.1) is 11.8 Å². The molecule has 1 N–H and O–H groups in total. The first-order valence-electron chi connectivity index (χ1n) is 5.98. The Morgan fingerprint density at radius 1 is 1.53 bits per heavy atom. The fourth-order valence-corrected chi connectivity index (χ4v) is 3.33. The molecule has 0 radical (unpaired) electrons. The van der Waals surface area contributed by atoms with Crippen LogP contribution in [-0.2, 0) is 6.42 Å². The smallest absolute Gasteiger partial charge is 0.0609 e. The van der Waals surface area contributed by atoms with E-state index in [1.807, 2.05) is 0 Å². The minimum absolute atomic E-state index is 0.115. The highest BCUT2D eigenvalue weighted by Crippen LogP contribution is 2.35. The first-order valence-corrected chi connectivity index (χ1v) is 6.93. The Bertz CT molecular complexity index is 281. The summed E-state index contributed by atoms with van der Waals surface area (Å²) in [6.07, 6.45) is 5.80. The predicted molar refractivity (Wildman–Crippen MR) is 65.2 cm³/mol. The van der Waals surface area contributed by atoms with Crippen LogP contribution in [0.15, 0.2) is 16.8 Å². The molecule has 1 aromatic heterocycles. The molecule has 2 rings (SSSR count). The Hall–Kier alpha value is -0.340. The van der Waals surface area contributed by atoms with E-state index >= 15 is 0 Å². The van der Waals surface area contributed by atoms with Crippen LogP contribution in [0.4, 0.5) is 0 Å². The van der Waals surface area contributed by atoms with E-state index in [2.05, 4.69) is 23.8 Å². The van der Waals surface area contributed by atoms with Gasteiger partial charge in [0.2, 0.25) is 0 Å². The topological polar surface area (TPSA) is 20.2 Å². The molecule has 1 aromatic rings. The highest BCUT2D eigenvalue weighted by atomic mass is 32.1. The van der Waals surface area contributed by atoms with Crippen LogP contribution < -0.4 is 0 Å². The molecule has 0 spiro atoms. The predicted octanol–water partition coefficient (Wildman–Crippen LogP) is 3.48. The minimum Gasteiger partial charge on any atom is -0.392 e. The molecule has 1 saturated carbocycles. The molecule has 2 heteroatoms. The van der Waals surface area contributed by atoms with Crippen molar-refractivity contribution in [3.05, 3.63) is 22.4 Å². The van der Waals surface area contributed by atoms with E-state index in [0.717, 1.165) is 12.3 Å². The van der Waals surface area contributed by atoms with Gasteiger partial charge in [0.1, 0.15) is 0 Å². The number of hydrogen-bond donors (Lipinski definition) is 1. The molecule has 0 bridgehead atoms. The fourth-order valence-electron chi connectivity index (χ4n) is 2.65. The Morgan fingerprint density at radius 3 is 3.00 bits per heavy atom. The molecule has 1 heterocycles. The molecule has 15 heavy (non-hydrogen) atoms. The molecular weight excluding hydrogens is 204 g/mol. The lowest BCUT2D eigenvalue weighted by Gasteiger charge is -2.17. The standard InChI is InChI=1S/C13H20OS/c1-2-10-3-4-12(7-10)13(14)8-11-5-6-15-9-11/h5-6,9-10,12-14H,2-4,7-8H2,1H3. The average Bonchev–Trinajstić information content (AvgIpc) is 2.86. The summed E-state index contributed by atoms with van der Waals surface area (Å²) in [5, 5.41) is 14.4. The van der Waals surface area contributed by atoms with Crippen molar-refractivity contribution in [3.63, 3.8) is 0 Å². The van der Waals surface area contributed by atoms with Crippen molar-refractivity contribution in [2.24, 2.45) is 11.8 Å². The highest BCUT2D eigenvalue weighted by molar-refractivity contribution is 7.07. The molecule has 1 aliphatic carbocycles. The summed E-state index contributed by atoms with van der Waals surface area (Å²) in [6, 6.07) is 2.13. The van der Waals surface area contributed by atoms with Crippen LogP contribution in [0.2, 0.25) is 0 Å². The molecule has 3 atom stereocenters. The van der Waals surface area contributed by atoms with Crippen molar-refractivity contribution in [1.29, 1.82) is 0 Å². The van der Waals surface area contributed by atoms with E-state index in [1.54, 1.807) is 11.3 Å². The molecular formula is C13H20OS. The lowest BCUT2D eigenvalue weighted by atomic mass is 9.94. The monoisotopic (exact) mass is 224 g/mol. The van der Waals surface area contributed by atoms with E-state index in [4.69, 9.17) is 0 Å². The third kappa shape index (κ3) is 2.82. The first-order chi connectivity index (χ1) is 7.29. The van der Waals surface area contributed by atoms with Crippen LogP contribution in [0.1, 0.15) is 38.2 Å². The molecule has 1 nitrogen and oxygen atoms in total. The molecule has 3 unspecified atom stereocenters. The summed E-state index contributed by atoms with van der Waals surface area (Å²) in [5.41, 5.74) is 1.30. The quantitative estimate of drug-likeness (QED) is 0.830. The summed E-state index contributed by atoms with van der Waals surface area (Å²) in [6.45, 7) is 2.26. The largest absolute Gasteiger partial charge is 0.392 e. The second kappa shape index (κ2) is 5.13. The van der Waals surface area contributed by atoms with Crippen LogP contribution in [-0.4, -0.2) is 11.2 Å². The van der Waals surface area contributed by atoms with Gasteiger partial charge in [0.05, 0.1) is 6.10 Å². The van der Waals surface area contributed by atoms with Crippen molar-refractivity contribution >= 4 is 11.3 Å². The second-order valence-corrected chi connectivity index (χ2v) is 5.53. The van der Waals surface area contributed by atoms with Gasteiger partial charge in [0.25, 0.3) is 0 Å². The lowest BCUT2D eigenvalue weighted by Crippen LogP contribution is -2.20. The summed E-state index contributed by atoms with van der Waals surface area (Å²) in [7, 11) is 0. The van der Waals surface area contributed by atoms with Crippen molar-refractivity contribution in [2.75, 3.05) is 0 Å². The Kier molecular flexibility index (Phi) is 3.81. The van der Waals surface area contributed by atoms with Crippen molar-refractivity contribution in [3.8, 4) is 0 Å². The van der Waals surface area contributed by atoms with Gasteiger partial charge in [-0.2, -0.15) is 11.3 Å². The van der Waals surface area contributed by atoms with Crippen LogP contribution in [0.25, 0.3) is 0 Å². The molecule has 0 aromatic carbocycles. The summed E-state index contributed by atoms with van der Waals surface area (Å²) >= 11 is 1.72. The van der Waals surface area contributed by atoms with E-state index in [-0.39, 0.29) is 6.10 Å². The summed E-state index contributed by atoms with van der Waals surface area (Å²) in [4.78, 5) is 0. The molecule has 0 aliphatic heterocycles. The zero-order valence-corrected chi connectivity index (χ0v) is 10.2. The average molecular weight is 224 g/mol. The number of hydrogen-bond acceptors (Lipinski definition) is 2. The Balaban J connectivity index is 1.84.